The van der Waals surface area contributed by atoms with E-state index in [0.717, 1.165) is 29.8 Å². The molecule has 0 spiro atoms. The van der Waals surface area contributed by atoms with Crippen LogP contribution in [0.4, 0.5) is 0 Å². The van der Waals surface area contributed by atoms with Gasteiger partial charge in [0.1, 0.15) is 6.33 Å². The summed E-state index contributed by atoms with van der Waals surface area (Å²) in [5.41, 5.74) is 7.47. The summed E-state index contributed by atoms with van der Waals surface area (Å²) in [7, 11) is 1.66. The van der Waals surface area contributed by atoms with Crippen molar-refractivity contribution in [3.8, 4) is 11.3 Å². The first-order valence-corrected chi connectivity index (χ1v) is 8.49. The lowest BCUT2D eigenvalue weighted by molar-refractivity contribution is 0.0962. The summed E-state index contributed by atoms with van der Waals surface area (Å²) in [6, 6.07) is 16.1. The maximum absolute atomic E-state index is 12.1. The number of hydrogen-bond acceptors (Lipinski definition) is 3. The largest absolute Gasteiger partial charge is 0.355 e. The molecule has 1 heterocycles. The Morgan fingerprint density at radius 3 is 2.72 bits per heavy atom. The summed E-state index contributed by atoms with van der Waals surface area (Å²) in [5, 5.41) is 2.71. The summed E-state index contributed by atoms with van der Waals surface area (Å²) >= 11 is 0. The van der Waals surface area contributed by atoms with Crippen molar-refractivity contribution in [2.75, 3.05) is 7.05 Å². The minimum atomic E-state index is -0.0659. The molecule has 1 aliphatic carbocycles. The number of nitrogens with zero attached hydrogens (tertiary/aromatic N) is 2. The molecular formula is C21H19N3O. The quantitative estimate of drug-likeness (QED) is 0.803. The number of benzene rings is 2. The monoisotopic (exact) mass is 329 g/mol. The molecule has 1 aliphatic rings. The molecule has 1 amide bonds. The van der Waals surface area contributed by atoms with E-state index in [4.69, 9.17) is 0 Å². The SMILES string of the molecule is CNC(=O)c1ccccc1Cc1ncnc2c1CCc1ccccc1-2. The van der Waals surface area contributed by atoms with Crippen molar-refractivity contribution in [2.45, 2.75) is 19.3 Å². The molecule has 0 atom stereocenters. The molecule has 124 valence electrons. The molecule has 0 saturated carbocycles. The minimum Gasteiger partial charge on any atom is -0.355 e. The maximum Gasteiger partial charge on any atom is 0.251 e. The molecule has 4 rings (SSSR count). The van der Waals surface area contributed by atoms with E-state index < -0.39 is 0 Å². The van der Waals surface area contributed by atoms with Gasteiger partial charge in [-0.25, -0.2) is 9.97 Å². The lowest BCUT2D eigenvalue weighted by atomic mass is 9.87. The van der Waals surface area contributed by atoms with E-state index >= 15 is 0 Å². The summed E-state index contributed by atoms with van der Waals surface area (Å²) in [5.74, 6) is -0.0659. The number of carbonyl (C=O) groups is 1. The second kappa shape index (κ2) is 6.48. The van der Waals surface area contributed by atoms with Gasteiger partial charge in [0, 0.05) is 30.2 Å². The predicted molar refractivity (Wildman–Crippen MR) is 97.5 cm³/mol. The lowest BCUT2D eigenvalue weighted by Gasteiger charge is -2.21. The topological polar surface area (TPSA) is 54.9 Å². The molecule has 0 unspecified atom stereocenters. The third kappa shape index (κ3) is 2.80. The van der Waals surface area contributed by atoms with Crippen LogP contribution in [0.1, 0.15) is 32.7 Å². The third-order valence-corrected chi connectivity index (χ3v) is 4.80. The Bertz CT molecular complexity index is 949. The molecule has 3 aromatic rings. The molecule has 0 radical (unpaired) electrons. The fraction of sp³-hybridized carbons (Fsp3) is 0.190. The van der Waals surface area contributed by atoms with Crippen LogP contribution in [0.3, 0.4) is 0 Å². The van der Waals surface area contributed by atoms with Gasteiger partial charge in [-0.1, -0.05) is 42.5 Å². The normalized spacial score (nSPS) is 12.2. The molecule has 0 bridgehead atoms. The Kier molecular flexibility index (Phi) is 4.02. The molecule has 1 aromatic heterocycles. The van der Waals surface area contributed by atoms with Crippen molar-refractivity contribution in [3.05, 3.63) is 82.8 Å². The Labute approximate surface area is 147 Å². The highest BCUT2D eigenvalue weighted by molar-refractivity contribution is 5.95. The van der Waals surface area contributed by atoms with Gasteiger partial charge in [0.2, 0.25) is 0 Å². The zero-order chi connectivity index (χ0) is 17.2. The van der Waals surface area contributed by atoms with Crippen molar-refractivity contribution in [2.24, 2.45) is 0 Å². The van der Waals surface area contributed by atoms with Crippen LogP contribution in [0, 0.1) is 0 Å². The number of aromatic nitrogens is 2. The van der Waals surface area contributed by atoms with E-state index in [1.807, 2.05) is 24.3 Å². The molecule has 4 nitrogen and oxygen atoms in total. The van der Waals surface area contributed by atoms with E-state index in [2.05, 4.69) is 39.6 Å². The first kappa shape index (κ1) is 15.5. The average molecular weight is 329 g/mol. The van der Waals surface area contributed by atoms with E-state index in [1.54, 1.807) is 13.4 Å². The second-order valence-electron chi connectivity index (χ2n) is 6.22. The van der Waals surface area contributed by atoms with Gasteiger partial charge in [-0.05, 0) is 30.0 Å². The van der Waals surface area contributed by atoms with Crippen molar-refractivity contribution in [1.82, 2.24) is 15.3 Å². The van der Waals surface area contributed by atoms with Gasteiger partial charge in [-0.3, -0.25) is 4.79 Å². The highest BCUT2D eigenvalue weighted by atomic mass is 16.1. The smallest absolute Gasteiger partial charge is 0.251 e. The van der Waals surface area contributed by atoms with Gasteiger partial charge in [0.25, 0.3) is 5.91 Å². The number of amides is 1. The van der Waals surface area contributed by atoms with Crippen LogP contribution in [0.5, 0.6) is 0 Å². The molecule has 4 heteroatoms. The summed E-state index contributed by atoms with van der Waals surface area (Å²) < 4.78 is 0. The number of fused-ring (bicyclic) bond motifs is 3. The highest BCUT2D eigenvalue weighted by Gasteiger charge is 2.21. The van der Waals surface area contributed by atoms with Gasteiger partial charge in [-0.2, -0.15) is 0 Å². The van der Waals surface area contributed by atoms with Crippen LogP contribution >= 0.6 is 0 Å². The molecular weight excluding hydrogens is 310 g/mol. The number of hydrogen-bond donors (Lipinski definition) is 1. The molecule has 1 N–H and O–H groups in total. The van der Waals surface area contributed by atoms with Crippen LogP contribution in [0.25, 0.3) is 11.3 Å². The molecule has 0 saturated heterocycles. The first-order valence-electron chi connectivity index (χ1n) is 8.49. The summed E-state index contributed by atoms with van der Waals surface area (Å²) in [6.07, 6.45) is 4.21. The van der Waals surface area contributed by atoms with Crippen molar-refractivity contribution >= 4 is 5.91 Å². The van der Waals surface area contributed by atoms with Crippen molar-refractivity contribution < 1.29 is 4.79 Å². The zero-order valence-corrected chi connectivity index (χ0v) is 14.1. The van der Waals surface area contributed by atoms with Crippen molar-refractivity contribution in [1.29, 1.82) is 0 Å². The number of aryl methyl sites for hydroxylation is 1. The van der Waals surface area contributed by atoms with Gasteiger partial charge < -0.3 is 5.32 Å². The Morgan fingerprint density at radius 1 is 1.04 bits per heavy atom. The van der Waals surface area contributed by atoms with E-state index in [9.17, 15) is 4.79 Å². The zero-order valence-electron chi connectivity index (χ0n) is 14.1. The van der Waals surface area contributed by atoms with E-state index in [1.165, 1.54) is 16.7 Å². The minimum absolute atomic E-state index is 0.0659. The van der Waals surface area contributed by atoms with Crippen molar-refractivity contribution in [3.63, 3.8) is 0 Å². The summed E-state index contributed by atoms with van der Waals surface area (Å²) in [4.78, 5) is 21.2. The van der Waals surface area contributed by atoms with Gasteiger partial charge in [0.05, 0.1) is 11.4 Å². The molecule has 0 aliphatic heterocycles. The van der Waals surface area contributed by atoms with Crippen LogP contribution in [-0.4, -0.2) is 22.9 Å². The Morgan fingerprint density at radius 2 is 1.84 bits per heavy atom. The number of rotatable bonds is 3. The molecule has 0 fully saturated rings. The van der Waals surface area contributed by atoms with E-state index in [-0.39, 0.29) is 5.91 Å². The first-order chi connectivity index (χ1) is 12.3. The molecule has 2 aromatic carbocycles. The summed E-state index contributed by atoms with van der Waals surface area (Å²) in [6.45, 7) is 0. The fourth-order valence-corrected chi connectivity index (χ4v) is 3.54. The third-order valence-electron chi connectivity index (χ3n) is 4.80. The van der Waals surface area contributed by atoms with Crippen LogP contribution in [0.15, 0.2) is 54.9 Å². The van der Waals surface area contributed by atoms with Crippen LogP contribution in [0.2, 0.25) is 0 Å². The van der Waals surface area contributed by atoms with E-state index in [0.29, 0.717) is 12.0 Å². The maximum atomic E-state index is 12.1. The Hall–Kier alpha value is -3.01. The predicted octanol–water partition coefficient (Wildman–Crippen LogP) is 3.19. The van der Waals surface area contributed by atoms with Crippen LogP contribution in [-0.2, 0) is 19.3 Å². The second-order valence-corrected chi connectivity index (χ2v) is 6.22. The number of nitrogens with one attached hydrogen (secondary N) is 1. The highest BCUT2D eigenvalue weighted by Crippen LogP contribution is 2.33. The lowest BCUT2D eigenvalue weighted by Crippen LogP contribution is -2.20. The average Bonchev–Trinajstić information content (AvgIpc) is 2.68. The standard InChI is InChI=1S/C21H19N3O/c1-22-21(25)17-9-5-3-7-15(17)12-19-18-11-10-14-6-2-4-8-16(14)20(18)24-13-23-19/h2-9,13H,10-12H2,1H3,(H,22,25). The Balaban J connectivity index is 1.77. The fourth-order valence-electron chi connectivity index (χ4n) is 3.54. The molecule has 25 heavy (non-hydrogen) atoms. The van der Waals surface area contributed by atoms with Crippen LogP contribution < -0.4 is 5.32 Å². The van der Waals surface area contributed by atoms with Gasteiger partial charge >= 0.3 is 0 Å². The van der Waals surface area contributed by atoms with Gasteiger partial charge in [-0.15, -0.1) is 0 Å². The number of carbonyl (C=O) groups excluding carboxylic acids is 1. The van der Waals surface area contributed by atoms with Gasteiger partial charge in [0.15, 0.2) is 0 Å².